The number of hydrogen-bond donors (Lipinski definition) is 0. The molecule has 6 heteroatoms. The second-order valence-corrected chi connectivity index (χ2v) is 29.4. The lowest BCUT2D eigenvalue weighted by Crippen LogP contribution is -2.56. The third-order valence-electron chi connectivity index (χ3n) is 10.0. The maximum absolute atomic E-state index is 7.03. The van der Waals surface area contributed by atoms with Gasteiger partial charge in [0.15, 0.2) is 25.0 Å². The minimum absolute atomic E-state index is 0.285. The predicted octanol–water partition coefficient (Wildman–Crippen LogP) is 8.30. The lowest BCUT2D eigenvalue weighted by molar-refractivity contribution is -0.131. The van der Waals surface area contributed by atoms with Crippen LogP contribution in [0.25, 0.3) is 0 Å². The fourth-order valence-corrected chi connectivity index (χ4v) is 12.4. The molecule has 5 unspecified atom stereocenters. The molecule has 0 radical (unpaired) electrons. The van der Waals surface area contributed by atoms with Crippen molar-refractivity contribution in [2.45, 2.75) is 142 Å². The summed E-state index contributed by atoms with van der Waals surface area (Å²) < 4.78 is 20.6. The zero-order chi connectivity index (χ0) is 25.3. The van der Waals surface area contributed by atoms with E-state index in [2.05, 4.69) is 72.8 Å². The van der Waals surface area contributed by atoms with Crippen LogP contribution in [0, 0.1) is 34.5 Å². The molecule has 0 bridgehead atoms. The van der Waals surface area contributed by atoms with Gasteiger partial charge in [-0.3, -0.25) is 0 Å². The minimum Gasteiger partial charge on any atom is -0.415 e. The van der Waals surface area contributed by atoms with Crippen molar-refractivity contribution >= 4 is 25.0 Å². The Morgan fingerprint density at radius 2 is 1.18 bits per heavy atom. The molecule has 0 amide bonds. The molecule has 3 nitrogen and oxygen atoms in total. The summed E-state index contributed by atoms with van der Waals surface area (Å²) in [5.41, 5.74) is 0.795. The molecule has 0 heterocycles. The molecule has 34 heavy (non-hydrogen) atoms. The van der Waals surface area contributed by atoms with Crippen LogP contribution < -0.4 is 0 Å². The van der Waals surface area contributed by atoms with Crippen LogP contribution in [0.1, 0.15) is 65.2 Å². The summed E-state index contributed by atoms with van der Waals surface area (Å²) in [6.45, 7) is 26.5. The summed E-state index contributed by atoms with van der Waals surface area (Å²) in [7, 11) is -4.74. The Morgan fingerprint density at radius 3 is 1.76 bits per heavy atom. The van der Waals surface area contributed by atoms with Crippen molar-refractivity contribution in [1.29, 1.82) is 0 Å². The third kappa shape index (κ3) is 5.52. The van der Waals surface area contributed by atoms with Crippen molar-refractivity contribution in [3.05, 3.63) is 0 Å². The van der Waals surface area contributed by atoms with Crippen molar-refractivity contribution in [3.8, 4) is 0 Å². The summed E-state index contributed by atoms with van der Waals surface area (Å²) >= 11 is 0. The quantitative estimate of drug-likeness (QED) is 0.327. The van der Waals surface area contributed by atoms with E-state index in [0.29, 0.717) is 23.7 Å². The van der Waals surface area contributed by atoms with Gasteiger partial charge < -0.3 is 13.3 Å². The lowest BCUT2D eigenvalue weighted by atomic mass is 9.45. The molecular formula is C28H56O3Si3. The fourth-order valence-electron chi connectivity index (χ4n) is 8.92. The van der Waals surface area contributed by atoms with Crippen molar-refractivity contribution in [3.63, 3.8) is 0 Å². The number of hydrogen-bond acceptors (Lipinski definition) is 3. The highest BCUT2D eigenvalue weighted by Crippen LogP contribution is 2.67. The van der Waals surface area contributed by atoms with E-state index in [1.165, 1.54) is 51.4 Å². The SMILES string of the molecule is CC12CC[C@@H](O[Si](C)(C)C)C[C@H]1CCC1C2CCC2(C)C1C[C@@H](O[Si](C)(C)C)[C@@H]2O[Si](C)(C)C. The van der Waals surface area contributed by atoms with Crippen LogP contribution in [0.3, 0.4) is 0 Å². The van der Waals surface area contributed by atoms with E-state index >= 15 is 0 Å². The van der Waals surface area contributed by atoms with Gasteiger partial charge in [-0.05, 0) is 145 Å². The fraction of sp³-hybridized carbons (Fsp3) is 1.00. The van der Waals surface area contributed by atoms with Gasteiger partial charge in [0.1, 0.15) is 0 Å². The second kappa shape index (κ2) is 9.07. The summed E-state index contributed by atoms with van der Waals surface area (Å²) in [5.74, 6) is 3.37. The van der Waals surface area contributed by atoms with Gasteiger partial charge in [-0.1, -0.05) is 13.8 Å². The Morgan fingerprint density at radius 1 is 0.588 bits per heavy atom. The molecule has 9 atom stereocenters. The van der Waals surface area contributed by atoms with Crippen LogP contribution in [0.2, 0.25) is 58.9 Å². The average Bonchev–Trinajstić information content (AvgIpc) is 2.90. The van der Waals surface area contributed by atoms with Gasteiger partial charge >= 0.3 is 0 Å². The molecule has 0 aliphatic heterocycles. The normalized spacial score (nSPS) is 45.4. The van der Waals surface area contributed by atoms with Gasteiger partial charge in [0.25, 0.3) is 0 Å². The molecule has 0 aromatic carbocycles. The molecule has 0 aromatic heterocycles. The van der Waals surface area contributed by atoms with Crippen molar-refractivity contribution in [2.24, 2.45) is 34.5 Å². The zero-order valence-corrected chi connectivity index (χ0v) is 27.4. The molecule has 0 spiro atoms. The van der Waals surface area contributed by atoms with Crippen molar-refractivity contribution < 1.29 is 13.3 Å². The van der Waals surface area contributed by atoms with Crippen LogP contribution in [-0.4, -0.2) is 43.3 Å². The van der Waals surface area contributed by atoms with E-state index in [1.54, 1.807) is 0 Å². The van der Waals surface area contributed by atoms with Crippen LogP contribution in [0.4, 0.5) is 0 Å². The minimum atomic E-state index is -1.65. The smallest absolute Gasteiger partial charge is 0.184 e. The van der Waals surface area contributed by atoms with Crippen LogP contribution >= 0.6 is 0 Å². The van der Waals surface area contributed by atoms with Gasteiger partial charge in [-0.25, -0.2) is 0 Å². The van der Waals surface area contributed by atoms with E-state index in [-0.39, 0.29) is 5.41 Å². The average molecular weight is 525 g/mol. The first kappa shape index (κ1) is 27.6. The van der Waals surface area contributed by atoms with Crippen LogP contribution in [-0.2, 0) is 13.3 Å². The van der Waals surface area contributed by atoms with E-state index in [0.717, 1.165) is 23.7 Å². The highest BCUT2D eigenvalue weighted by Gasteiger charge is 2.63. The van der Waals surface area contributed by atoms with Crippen LogP contribution in [0.5, 0.6) is 0 Å². The lowest BCUT2D eigenvalue weighted by Gasteiger charge is -2.61. The molecule has 4 saturated carbocycles. The molecule has 4 aliphatic rings. The largest absolute Gasteiger partial charge is 0.415 e. The Bertz CT molecular complexity index is 739. The molecule has 0 saturated heterocycles. The first-order chi connectivity index (χ1) is 15.4. The summed E-state index contributed by atoms with van der Waals surface area (Å²) in [4.78, 5) is 0. The standard InChI is InChI=1S/C28H56O3Si3/c1-27-16-14-21(29-32(3,4)5)18-20(27)12-13-22-23(27)15-17-28(2)24(22)19-25(30-33(6,7)8)26(28)31-34(9,10)11/h20-26H,12-19H2,1-11H3/t20-,21-,22?,23?,24?,25-,26+,27?,28?/m1/s1. The Balaban J connectivity index is 1.56. The highest BCUT2D eigenvalue weighted by atomic mass is 28.4. The topological polar surface area (TPSA) is 27.7 Å². The predicted molar refractivity (Wildman–Crippen MR) is 152 cm³/mol. The van der Waals surface area contributed by atoms with Crippen LogP contribution in [0.15, 0.2) is 0 Å². The molecule has 0 N–H and O–H groups in total. The summed E-state index contributed by atoms with van der Waals surface area (Å²) in [6, 6.07) is 0. The van der Waals surface area contributed by atoms with E-state index in [1.807, 2.05) is 0 Å². The maximum Gasteiger partial charge on any atom is 0.184 e. The van der Waals surface area contributed by atoms with Gasteiger partial charge in [-0.15, -0.1) is 0 Å². The first-order valence-corrected chi connectivity index (χ1v) is 24.7. The van der Waals surface area contributed by atoms with Gasteiger partial charge in [0, 0.05) is 6.10 Å². The molecule has 0 aromatic rings. The highest BCUT2D eigenvalue weighted by molar-refractivity contribution is 6.70. The summed E-state index contributed by atoms with van der Waals surface area (Å²) in [5, 5.41) is 0. The van der Waals surface area contributed by atoms with Crippen molar-refractivity contribution in [2.75, 3.05) is 0 Å². The maximum atomic E-state index is 7.03. The summed E-state index contributed by atoms with van der Waals surface area (Å²) in [6.07, 6.45) is 11.9. The van der Waals surface area contributed by atoms with Crippen molar-refractivity contribution in [1.82, 2.24) is 0 Å². The number of rotatable bonds is 6. The van der Waals surface area contributed by atoms with Gasteiger partial charge in [0.05, 0.1) is 12.2 Å². The van der Waals surface area contributed by atoms with Gasteiger partial charge in [-0.2, -0.15) is 0 Å². The third-order valence-corrected chi connectivity index (χ3v) is 13.0. The van der Waals surface area contributed by atoms with Gasteiger partial charge in [0.2, 0.25) is 0 Å². The number of fused-ring (bicyclic) bond motifs is 5. The molecule has 198 valence electrons. The van der Waals surface area contributed by atoms with E-state index in [4.69, 9.17) is 13.3 Å². The monoisotopic (exact) mass is 524 g/mol. The molecule has 4 aliphatic carbocycles. The Kier molecular flexibility index (Phi) is 7.36. The van der Waals surface area contributed by atoms with E-state index < -0.39 is 25.0 Å². The zero-order valence-electron chi connectivity index (χ0n) is 24.4. The molecule has 4 rings (SSSR count). The molecule has 4 fully saturated rings. The Hall–Kier alpha value is 0.531. The second-order valence-electron chi connectivity index (χ2n) is 16.0. The first-order valence-electron chi connectivity index (χ1n) is 14.4. The Labute approximate surface area is 214 Å². The molecular weight excluding hydrogens is 469 g/mol. The van der Waals surface area contributed by atoms with E-state index in [9.17, 15) is 0 Å².